The molecule has 0 saturated carbocycles. The van der Waals surface area contributed by atoms with Crippen molar-refractivity contribution in [2.24, 2.45) is 5.41 Å². The first-order valence-electron chi connectivity index (χ1n) is 7.90. The molecule has 1 aromatic rings. The molecule has 1 atom stereocenters. The van der Waals surface area contributed by atoms with Crippen molar-refractivity contribution in [2.75, 3.05) is 20.8 Å². The number of carboxylic acid groups (broad SMARTS) is 1. The Morgan fingerprint density at radius 2 is 1.96 bits per heavy atom. The molecule has 0 spiro atoms. The van der Waals surface area contributed by atoms with Gasteiger partial charge in [-0.15, -0.1) is 0 Å². The van der Waals surface area contributed by atoms with Crippen LogP contribution >= 0.6 is 0 Å². The first-order chi connectivity index (χ1) is 10.7. The van der Waals surface area contributed by atoms with E-state index >= 15 is 0 Å². The highest BCUT2D eigenvalue weighted by atomic mass is 16.5. The maximum absolute atomic E-state index is 11.1. The standard InChI is InChI=1S/C18H29NO4/c1-12(19-10-9-18(3,4)17(20)21)11-14-7-8-15(22-5)16(23-6)13(14)2/h7-8,12,19H,9-11H2,1-6H3,(H,20,21). The van der Waals surface area contributed by atoms with Crippen LogP contribution in [0.1, 0.15) is 38.3 Å². The maximum Gasteiger partial charge on any atom is 0.309 e. The van der Waals surface area contributed by atoms with Crippen molar-refractivity contribution < 1.29 is 19.4 Å². The van der Waals surface area contributed by atoms with Crippen LogP contribution in [-0.2, 0) is 11.2 Å². The van der Waals surface area contributed by atoms with Crippen LogP contribution in [0.3, 0.4) is 0 Å². The highest BCUT2D eigenvalue weighted by Crippen LogP contribution is 2.33. The van der Waals surface area contributed by atoms with Gasteiger partial charge in [0, 0.05) is 6.04 Å². The molecule has 0 radical (unpaired) electrons. The lowest BCUT2D eigenvalue weighted by Crippen LogP contribution is -2.34. The number of carboxylic acids is 1. The summed E-state index contributed by atoms with van der Waals surface area (Å²) >= 11 is 0. The molecule has 130 valence electrons. The molecule has 0 aliphatic carbocycles. The predicted octanol–water partition coefficient (Wildman–Crippen LogP) is 3.03. The van der Waals surface area contributed by atoms with Gasteiger partial charge in [-0.2, -0.15) is 0 Å². The molecule has 5 nitrogen and oxygen atoms in total. The van der Waals surface area contributed by atoms with E-state index in [4.69, 9.17) is 14.6 Å². The van der Waals surface area contributed by atoms with Gasteiger partial charge < -0.3 is 19.9 Å². The zero-order valence-electron chi connectivity index (χ0n) is 15.0. The zero-order chi connectivity index (χ0) is 17.6. The fraction of sp³-hybridized carbons (Fsp3) is 0.611. The summed E-state index contributed by atoms with van der Waals surface area (Å²) in [6, 6.07) is 4.22. The number of carbonyl (C=O) groups is 1. The number of hydrogen-bond acceptors (Lipinski definition) is 4. The van der Waals surface area contributed by atoms with Gasteiger partial charge >= 0.3 is 5.97 Å². The second kappa shape index (κ2) is 8.20. The second-order valence-electron chi connectivity index (χ2n) is 6.58. The Morgan fingerprint density at radius 3 is 2.48 bits per heavy atom. The molecule has 0 aliphatic heterocycles. The molecule has 0 heterocycles. The Hall–Kier alpha value is -1.75. The average Bonchev–Trinajstić information content (AvgIpc) is 2.48. The lowest BCUT2D eigenvalue weighted by molar-refractivity contribution is -0.147. The third kappa shape index (κ3) is 5.13. The van der Waals surface area contributed by atoms with Gasteiger partial charge in [-0.3, -0.25) is 4.79 Å². The fourth-order valence-corrected chi connectivity index (χ4v) is 2.48. The van der Waals surface area contributed by atoms with Gasteiger partial charge in [0.15, 0.2) is 11.5 Å². The zero-order valence-corrected chi connectivity index (χ0v) is 15.0. The smallest absolute Gasteiger partial charge is 0.309 e. The maximum atomic E-state index is 11.1. The van der Waals surface area contributed by atoms with Crippen LogP contribution in [0.2, 0.25) is 0 Å². The normalized spacial score (nSPS) is 12.8. The SMILES string of the molecule is COc1ccc(CC(C)NCCC(C)(C)C(=O)O)c(C)c1OC. The number of aliphatic carboxylic acids is 1. The molecule has 0 fully saturated rings. The number of nitrogens with one attached hydrogen (secondary N) is 1. The van der Waals surface area contributed by atoms with Crippen molar-refractivity contribution in [3.05, 3.63) is 23.3 Å². The summed E-state index contributed by atoms with van der Waals surface area (Å²) in [5.74, 6) is 0.740. The number of benzene rings is 1. The van der Waals surface area contributed by atoms with Gasteiger partial charge in [0.2, 0.25) is 0 Å². The van der Waals surface area contributed by atoms with E-state index in [-0.39, 0.29) is 6.04 Å². The summed E-state index contributed by atoms with van der Waals surface area (Å²) < 4.78 is 10.7. The molecule has 0 bridgehead atoms. The molecule has 5 heteroatoms. The highest BCUT2D eigenvalue weighted by Gasteiger charge is 2.26. The summed E-state index contributed by atoms with van der Waals surface area (Å²) in [5, 5.41) is 12.5. The topological polar surface area (TPSA) is 67.8 Å². The van der Waals surface area contributed by atoms with Gasteiger partial charge in [0.05, 0.1) is 19.6 Å². The number of rotatable bonds is 9. The van der Waals surface area contributed by atoms with Crippen LogP contribution in [0.15, 0.2) is 12.1 Å². The molecule has 0 saturated heterocycles. The third-order valence-corrected chi connectivity index (χ3v) is 4.25. The Balaban J connectivity index is 2.65. The summed E-state index contributed by atoms with van der Waals surface area (Å²) in [6.45, 7) is 8.30. The van der Waals surface area contributed by atoms with Crippen molar-refractivity contribution in [3.63, 3.8) is 0 Å². The highest BCUT2D eigenvalue weighted by molar-refractivity contribution is 5.73. The molecule has 0 amide bonds. The van der Waals surface area contributed by atoms with E-state index in [0.717, 1.165) is 23.5 Å². The van der Waals surface area contributed by atoms with Gasteiger partial charge in [-0.1, -0.05) is 6.07 Å². The molecule has 1 rings (SSSR count). The summed E-state index contributed by atoms with van der Waals surface area (Å²) in [7, 11) is 3.27. The van der Waals surface area contributed by atoms with Crippen LogP contribution in [0.4, 0.5) is 0 Å². The van der Waals surface area contributed by atoms with E-state index in [1.54, 1.807) is 28.1 Å². The summed E-state index contributed by atoms with van der Waals surface area (Å²) in [4.78, 5) is 11.1. The predicted molar refractivity (Wildman–Crippen MR) is 91.5 cm³/mol. The molecule has 1 unspecified atom stereocenters. The van der Waals surface area contributed by atoms with Crippen molar-refractivity contribution in [1.29, 1.82) is 0 Å². The quantitative estimate of drug-likeness (QED) is 0.731. The minimum atomic E-state index is -0.761. The van der Waals surface area contributed by atoms with Gasteiger partial charge in [0.1, 0.15) is 0 Å². The van der Waals surface area contributed by atoms with Crippen LogP contribution in [-0.4, -0.2) is 37.9 Å². The van der Waals surface area contributed by atoms with Crippen LogP contribution in [0.5, 0.6) is 11.5 Å². The minimum Gasteiger partial charge on any atom is -0.493 e. The van der Waals surface area contributed by atoms with Crippen molar-refractivity contribution in [3.8, 4) is 11.5 Å². The summed E-state index contributed by atoms with van der Waals surface area (Å²) in [5.41, 5.74) is 1.57. The van der Waals surface area contributed by atoms with E-state index in [1.807, 2.05) is 13.0 Å². The third-order valence-electron chi connectivity index (χ3n) is 4.25. The van der Waals surface area contributed by atoms with Crippen LogP contribution in [0, 0.1) is 12.3 Å². The molecular formula is C18H29NO4. The molecule has 2 N–H and O–H groups in total. The van der Waals surface area contributed by atoms with E-state index in [0.29, 0.717) is 13.0 Å². The van der Waals surface area contributed by atoms with Gasteiger partial charge in [-0.25, -0.2) is 0 Å². The molecule has 1 aromatic carbocycles. The molecular weight excluding hydrogens is 294 g/mol. The lowest BCUT2D eigenvalue weighted by atomic mass is 9.89. The second-order valence-corrected chi connectivity index (χ2v) is 6.58. The molecule has 0 aliphatic rings. The van der Waals surface area contributed by atoms with Gasteiger partial charge in [0.25, 0.3) is 0 Å². The van der Waals surface area contributed by atoms with E-state index in [2.05, 4.69) is 18.3 Å². The van der Waals surface area contributed by atoms with Crippen molar-refractivity contribution in [2.45, 2.75) is 46.6 Å². The van der Waals surface area contributed by atoms with Crippen molar-refractivity contribution >= 4 is 5.97 Å². The molecule has 0 aromatic heterocycles. The van der Waals surface area contributed by atoms with E-state index in [1.165, 1.54) is 5.56 Å². The number of methoxy groups -OCH3 is 2. The van der Waals surface area contributed by atoms with E-state index in [9.17, 15) is 4.79 Å². The minimum absolute atomic E-state index is 0.247. The average molecular weight is 323 g/mol. The first kappa shape index (κ1) is 19.3. The fourth-order valence-electron chi connectivity index (χ4n) is 2.48. The van der Waals surface area contributed by atoms with Crippen LogP contribution in [0.25, 0.3) is 0 Å². The lowest BCUT2D eigenvalue weighted by Gasteiger charge is -2.22. The van der Waals surface area contributed by atoms with Crippen molar-refractivity contribution in [1.82, 2.24) is 5.32 Å². The monoisotopic (exact) mass is 323 g/mol. The number of ether oxygens (including phenoxy) is 2. The Labute approximate surface area is 139 Å². The van der Waals surface area contributed by atoms with Gasteiger partial charge in [-0.05, 0) is 64.3 Å². The Morgan fingerprint density at radius 1 is 1.30 bits per heavy atom. The Bertz CT molecular complexity index is 540. The van der Waals surface area contributed by atoms with E-state index < -0.39 is 11.4 Å². The van der Waals surface area contributed by atoms with Crippen LogP contribution < -0.4 is 14.8 Å². The first-order valence-corrected chi connectivity index (χ1v) is 7.90. The largest absolute Gasteiger partial charge is 0.493 e. The number of hydrogen-bond donors (Lipinski definition) is 2. The Kier molecular flexibility index (Phi) is 6.88. The summed E-state index contributed by atoms with van der Waals surface area (Å²) in [6.07, 6.45) is 1.44. The molecule has 23 heavy (non-hydrogen) atoms.